The molecule has 0 radical (unpaired) electrons. The molecule has 2 N–H and O–H groups in total. The summed E-state index contributed by atoms with van der Waals surface area (Å²) in [4.78, 5) is 0. The SMILES string of the molecule is CCOc1c(Cl)c(Cl)c(N)c(Cl)c1Cl. The summed E-state index contributed by atoms with van der Waals surface area (Å²) < 4.78 is 5.20. The molecule has 0 aliphatic heterocycles. The highest BCUT2D eigenvalue weighted by Gasteiger charge is 2.19. The van der Waals surface area contributed by atoms with Gasteiger partial charge in [0.05, 0.1) is 22.3 Å². The molecule has 14 heavy (non-hydrogen) atoms. The Labute approximate surface area is 102 Å². The van der Waals surface area contributed by atoms with Crippen molar-refractivity contribution < 1.29 is 4.74 Å². The van der Waals surface area contributed by atoms with Gasteiger partial charge >= 0.3 is 0 Å². The smallest absolute Gasteiger partial charge is 0.159 e. The molecule has 1 aromatic carbocycles. The molecule has 0 aliphatic carbocycles. The molecular weight excluding hydrogens is 268 g/mol. The van der Waals surface area contributed by atoms with E-state index in [4.69, 9.17) is 56.9 Å². The normalized spacial score (nSPS) is 10.4. The molecule has 0 heterocycles. The van der Waals surface area contributed by atoms with Gasteiger partial charge in [-0.05, 0) is 6.92 Å². The average Bonchev–Trinajstić information content (AvgIpc) is 2.19. The Kier molecular flexibility index (Phi) is 4.02. The fraction of sp³-hybridized carbons (Fsp3) is 0.250. The topological polar surface area (TPSA) is 35.2 Å². The zero-order valence-corrected chi connectivity index (χ0v) is 10.2. The number of anilines is 1. The molecule has 0 atom stereocenters. The zero-order valence-electron chi connectivity index (χ0n) is 7.20. The Balaban J connectivity index is 3.43. The highest BCUT2D eigenvalue weighted by Crippen LogP contribution is 2.47. The summed E-state index contributed by atoms with van der Waals surface area (Å²) in [7, 11) is 0. The van der Waals surface area contributed by atoms with E-state index < -0.39 is 0 Å². The second kappa shape index (κ2) is 4.67. The fourth-order valence-corrected chi connectivity index (χ4v) is 1.86. The first-order valence-corrected chi connectivity index (χ1v) is 5.26. The molecule has 0 saturated carbocycles. The second-order valence-electron chi connectivity index (χ2n) is 2.43. The number of ether oxygens (including phenoxy) is 1. The molecule has 0 saturated heterocycles. The summed E-state index contributed by atoms with van der Waals surface area (Å²) in [6, 6.07) is 0. The maximum Gasteiger partial charge on any atom is 0.159 e. The lowest BCUT2D eigenvalue weighted by atomic mass is 10.3. The first kappa shape index (κ1) is 12.1. The highest BCUT2D eigenvalue weighted by atomic mass is 35.5. The number of hydrogen-bond acceptors (Lipinski definition) is 2. The van der Waals surface area contributed by atoms with Crippen LogP contribution in [0, 0.1) is 0 Å². The van der Waals surface area contributed by atoms with E-state index in [1.54, 1.807) is 6.92 Å². The molecule has 6 heteroatoms. The van der Waals surface area contributed by atoms with Crippen LogP contribution in [0.2, 0.25) is 20.1 Å². The molecule has 0 fully saturated rings. The van der Waals surface area contributed by atoms with Crippen LogP contribution in [-0.2, 0) is 0 Å². The number of nitrogen functional groups attached to an aromatic ring is 1. The molecule has 0 amide bonds. The zero-order chi connectivity index (χ0) is 10.9. The summed E-state index contributed by atoms with van der Waals surface area (Å²) in [5.41, 5.74) is 5.72. The predicted molar refractivity (Wildman–Crippen MR) is 62.1 cm³/mol. The van der Waals surface area contributed by atoms with E-state index in [0.29, 0.717) is 6.61 Å². The standard InChI is InChI=1S/C8H7Cl4NO/c1-2-14-8-5(11)3(9)7(13)4(10)6(8)12/h2,13H2,1H3. The number of halogens is 4. The second-order valence-corrected chi connectivity index (χ2v) is 3.94. The van der Waals surface area contributed by atoms with Crippen molar-refractivity contribution in [1.82, 2.24) is 0 Å². The largest absolute Gasteiger partial charge is 0.491 e. The Hall–Kier alpha value is -0.0200. The van der Waals surface area contributed by atoms with Crippen LogP contribution >= 0.6 is 46.4 Å². The van der Waals surface area contributed by atoms with Crippen molar-refractivity contribution in [2.75, 3.05) is 12.3 Å². The quantitative estimate of drug-likeness (QED) is 0.645. The van der Waals surface area contributed by atoms with Crippen LogP contribution in [0.15, 0.2) is 0 Å². The van der Waals surface area contributed by atoms with Crippen molar-refractivity contribution in [3.05, 3.63) is 20.1 Å². The monoisotopic (exact) mass is 273 g/mol. The lowest BCUT2D eigenvalue weighted by Crippen LogP contribution is -1.97. The van der Waals surface area contributed by atoms with E-state index in [-0.39, 0.29) is 31.5 Å². The van der Waals surface area contributed by atoms with Gasteiger partial charge in [0.2, 0.25) is 0 Å². The van der Waals surface area contributed by atoms with Gasteiger partial charge in [0.15, 0.2) is 5.75 Å². The minimum absolute atomic E-state index is 0.157. The lowest BCUT2D eigenvalue weighted by molar-refractivity contribution is 0.341. The van der Waals surface area contributed by atoms with Crippen molar-refractivity contribution in [3.63, 3.8) is 0 Å². The molecule has 0 bridgehead atoms. The van der Waals surface area contributed by atoms with Gasteiger partial charge in [0.25, 0.3) is 0 Å². The Bertz CT molecular complexity index is 338. The van der Waals surface area contributed by atoms with Gasteiger partial charge in [0.1, 0.15) is 10.0 Å². The molecule has 78 valence electrons. The van der Waals surface area contributed by atoms with Crippen LogP contribution < -0.4 is 10.5 Å². The summed E-state index contributed by atoms with van der Waals surface area (Å²) in [5.74, 6) is 0.264. The van der Waals surface area contributed by atoms with Gasteiger partial charge in [-0.25, -0.2) is 0 Å². The summed E-state index contributed by atoms with van der Waals surface area (Å²) >= 11 is 23.4. The third kappa shape index (κ3) is 1.98. The van der Waals surface area contributed by atoms with Crippen molar-refractivity contribution in [3.8, 4) is 5.75 Å². The van der Waals surface area contributed by atoms with Crippen molar-refractivity contribution in [2.45, 2.75) is 6.92 Å². The van der Waals surface area contributed by atoms with Gasteiger partial charge in [-0.3, -0.25) is 0 Å². The summed E-state index contributed by atoms with van der Waals surface area (Å²) in [6.45, 7) is 2.21. The Morgan fingerprint density at radius 3 is 1.79 bits per heavy atom. The minimum atomic E-state index is 0.157. The van der Waals surface area contributed by atoms with Crippen LogP contribution in [0.5, 0.6) is 5.75 Å². The Morgan fingerprint density at radius 1 is 1.00 bits per heavy atom. The number of rotatable bonds is 2. The van der Waals surface area contributed by atoms with Crippen LogP contribution in [0.3, 0.4) is 0 Å². The number of benzene rings is 1. The Morgan fingerprint density at radius 2 is 1.43 bits per heavy atom. The van der Waals surface area contributed by atoms with Gasteiger partial charge in [-0.2, -0.15) is 0 Å². The van der Waals surface area contributed by atoms with E-state index in [2.05, 4.69) is 0 Å². The van der Waals surface area contributed by atoms with Crippen molar-refractivity contribution >= 4 is 52.1 Å². The molecule has 1 rings (SSSR count). The molecule has 0 unspecified atom stereocenters. The molecule has 0 spiro atoms. The molecule has 0 aliphatic rings. The third-order valence-electron chi connectivity index (χ3n) is 1.55. The third-order valence-corrected chi connectivity index (χ3v) is 3.25. The summed E-state index contributed by atoms with van der Waals surface area (Å²) in [5, 5.41) is 0.676. The highest BCUT2D eigenvalue weighted by molar-refractivity contribution is 6.51. The van der Waals surface area contributed by atoms with E-state index in [9.17, 15) is 0 Å². The minimum Gasteiger partial charge on any atom is -0.491 e. The fourth-order valence-electron chi connectivity index (χ4n) is 0.900. The van der Waals surface area contributed by atoms with Gasteiger partial charge in [-0.1, -0.05) is 46.4 Å². The molecule has 2 nitrogen and oxygen atoms in total. The van der Waals surface area contributed by atoms with Gasteiger partial charge < -0.3 is 10.5 Å². The maximum atomic E-state index is 5.87. The van der Waals surface area contributed by atoms with E-state index in [0.717, 1.165) is 0 Å². The molecular formula is C8H7Cl4NO. The average molecular weight is 275 g/mol. The van der Waals surface area contributed by atoms with E-state index in [1.807, 2.05) is 0 Å². The first-order valence-electron chi connectivity index (χ1n) is 3.74. The lowest BCUT2D eigenvalue weighted by Gasteiger charge is -2.12. The van der Waals surface area contributed by atoms with Crippen LogP contribution in [0.25, 0.3) is 0 Å². The molecule has 1 aromatic rings. The first-order chi connectivity index (χ1) is 6.50. The van der Waals surface area contributed by atoms with Gasteiger partial charge in [-0.15, -0.1) is 0 Å². The summed E-state index contributed by atoms with van der Waals surface area (Å²) in [6.07, 6.45) is 0. The molecule has 0 aromatic heterocycles. The van der Waals surface area contributed by atoms with Crippen LogP contribution in [0.1, 0.15) is 6.92 Å². The maximum absolute atomic E-state index is 5.87. The predicted octanol–water partition coefficient (Wildman–Crippen LogP) is 4.28. The van der Waals surface area contributed by atoms with Crippen molar-refractivity contribution in [1.29, 1.82) is 0 Å². The van der Waals surface area contributed by atoms with Crippen molar-refractivity contribution in [2.24, 2.45) is 0 Å². The van der Waals surface area contributed by atoms with E-state index >= 15 is 0 Å². The van der Waals surface area contributed by atoms with Crippen LogP contribution in [-0.4, -0.2) is 6.61 Å². The van der Waals surface area contributed by atoms with Gasteiger partial charge in [0, 0.05) is 0 Å². The van der Waals surface area contributed by atoms with Crippen LogP contribution in [0.4, 0.5) is 5.69 Å². The number of hydrogen-bond donors (Lipinski definition) is 1. The number of nitrogens with two attached hydrogens (primary N) is 1. The van der Waals surface area contributed by atoms with E-state index in [1.165, 1.54) is 0 Å².